The van der Waals surface area contributed by atoms with Gasteiger partial charge >= 0.3 is 0 Å². The van der Waals surface area contributed by atoms with Crippen LogP contribution in [0.2, 0.25) is 0 Å². The summed E-state index contributed by atoms with van der Waals surface area (Å²) in [4.78, 5) is 1.66. The lowest BCUT2D eigenvalue weighted by molar-refractivity contribution is 0.669. The summed E-state index contributed by atoms with van der Waals surface area (Å²) in [6.45, 7) is 0. The van der Waals surface area contributed by atoms with Crippen LogP contribution in [0.1, 0.15) is 15.1 Å². The van der Waals surface area contributed by atoms with Crippen LogP contribution in [0.5, 0.6) is 0 Å². The molecular formula is C46H29NO2. The van der Waals surface area contributed by atoms with Crippen molar-refractivity contribution in [2.45, 2.75) is 0 Å². The molecule has 0 saturated heterocycles. The monoisotopic (exact) mass is 638 g/mol. The first-order chi connectivity index (χ1) is 28.9. The van der Waals surface area contributed by atoms with E-state index in [9.17, 15) is 6.85 Å². The van der Waals surface area contributed by atoms with E-state index in [0.717, 1.165) is 27.3 Å². The first-order valence-electron chi connectivity index (χ1n) is 21.2. The van der Waals surface area contributed by atoms with Crippen LogP contribution in [0.3, 0.4) is 0 Å². The molecule has 0 radical (unpaired) electrons. The summed E-state index contributed by atoms with van der Waals surface area (Å²) < 4.78 is 111. The highest BCUT2D eigenvalue weighted by Crippen LogP contribution is 2.45. The van der Waals surface area contributed by atoms with Crippen molar-refractivity contribution in [1.29, 1.82) is 0 Å². The van der Waals surface area contributed by atoms with Gasteiger partial charge in [0.05, 0.1) is 26.2 Å². The SMILES string of the molecule is [2H]c1c([2H])c(N(c2ccc(-c3ccccc3)cc2)c2cccc3oc4c5ccccc5ccc4c23)c([2H])c([2H])c1-c1c([2H])c([2H])c2c(oc3c([2H])c([2H])c([2H])c([2H])c32)c1[2H]. The molecule has 0 fully saturated rings. The number of benzene rings is 8. The van der Waals surface area contributed by atoms with Crippen LogP contribution in [0.25, 0.3) is 76.9 Å². The molecule has 8 aromatic carbocycles. The quantitative estimate of drug-likeness (QED) is 0.188. The molecular weight excluding hydrogens is 599 g/mol. The van der Waals surface area contributed by atoms with Crippen molar-refractivity contribution in [3.63, 3.8) is 0 Å². The van der Waals surface area contributed by atoms with Crippen LogP contribution in [-0.4, -0.2) is 0 Å². The number of para-hydroxylation sites is 1. The van der Waals surface area contributed by atoms with Gasteiger partial charge in [-0.25, -0.2) is 0 Å². The van der Waals surface area contributed by atoms with Crippen molar-refractivity contribution in [2.75, 3.05) is 4.90 Å². The number of anilines is 3. The molecule has 49 heavy (non-hydrogen) atoms. The third-order valence-electron chi connectivity index (χ3n) is 8.81. The highest BCUT2D eigenvalue weighted by atomic mass is 16.3. The summed E-state index contributed by atoms with van der Waals surface area (Å²) in [5.41, 5.74) is 2.56. The van der Waals surface area contributed by atoms with E-state index in [-0.39, 0.29) is 27.6 Å². The zero-order valence-corrected chi connectivity index (χ0v) is 25.7. The van der Waals surface area contributed by atoms with Gasteiger partial charge in [0.25, 0.3) is 0 Å². The Bertz CT molecular complexity index is 3420. The van der Waals surface area contributed by atoms with Gasteiger partial charge < -0.3 is 13.7 Å². The fraction of sp³-hybridized carbons (Fsp3) is 0. The molecule has 0 aliphatic rings. The van der Waals surface area contributed by atoms with Gasteiger partial charge in [0.1, 0.15) is 22.3 Å². The second-order valence-electron chi connectivity index (χ2n) is 11.6. The third-order valence-corrected chi connectivity index (χ3v) is 8.81. The first kappa shape index (κ1) is 18.7. The minimum atomic E-state index is -0.619. The molecule has 3 nitrogen and oxygen atoms in total. The second-order valence-corrected chi connectivity index (χ2v) is 11.6. The number of rotatable bonds is 5. The second kappa shape index (κ2) is 11.0. The summed E-state index contributed by atoms with van der Waals surface area (Å²) in [6.07, 6.45) is 0. The van der Waals surface area contributed by atoms with Crippen LogP contribution < -0.4 is 4.90 Å². The highest BCUT2D eigenvalue weighted by Gasteiger charge is 2.20. The molecule has 0 atom stereocenters. The molecule has 0 spiro atoms. The Morgan fingerprint density at radius 2 is 1.18 bits per heavy atom. The normalized spacial score (nSPS) is 14.8. The Balaban J connectivity index is 1.25. The lowest BCUT2D eigenvalue weighted by Crippen LogP contribution is -2.10. The largest absolute Gasteiger partial charge is 0.456 e. The predicted molar refractivity (Wildman–Crippen MR) is 204 cm³/mol. The minimum absolute atomic E-state index is 0.110. The summed E-state index contributed by atoms with van der Waals surface area (Å²) >= 11 is 0. The van der Waals surface area contributed by atoms with Crippen molar-refractivity contribution in [3.8, 4) is 22.3 Å². The topological polar surface area (TPSA) is 29.5 Å². The molecule has 0 N–H and O–H groups in total. The van der Waals surface area contributed by atoms with Gasteiger partial charge in [0, 0.05) is 32.9 Å². The van der Waals surface area contributed by atoms with Crippen molar-refractivity contribution >= 4 is 71.7 Å². The summed E-state index contributed by atoms with van der Waals surface area (Å²) in [7, 11) is 0. The Hall–Kier alpha value is -6.58. The van der Waals surface area contributed by atoms with Gasteiger partial charge in [-0.1, -0.05) is 115 Å². The molecule has 2 heterocycles. The number of nitrogens with zero attached hydrogens (tertiary/aromatic N) is 1. The lowest BCUT2D eigenvalue weighted by atomic mass is 10.0. The number of furan rings is 2. The van der Waals surface area contributed by atoms with E-state index in [1.54, 1.807) is 11.0 Å². The summed E-state index contributed by atoms with van der Waals surface area (Å²) in [5, 5.41) is 3.00. The van der Waals surface area contributed by atoms with Crippen LogP contribution in [0, 0.1) is 0 Å². The Morgan fingerprint density at radius 1 is 0.429 bits per heavy atom. The van der Waals surface area contributed by atoms with E-state index in [4.69, 9.17) is 17.1 Å². The summed E-state index contributed by atoms with van der Waals surface area (Å²) in [6, 6.07) is 28.6. The zero-order chi connectivity index (χ0) is 41.9. The molecule has 0 amide bonds. The van der Waals surface area contributed by atoms with E-state index >= 15 is 0 Å². The van der Waals surface area contributed by atoms with Gasteiger partial charge in [-0.15, -0.1) is 0 Å². The van der Waals surface area contributed by atoms with Gasteiger partial charge in [0.2, 0.25) is 0 Å². The molecule has 0 unspecified atom stereocenters. The molecule has 10 aromatic rings. The Kier molecular flexibility index (Phi) is 4.19. The van der Waals surface area contributed by atoms with Crippen LogP contribution in [0.15, 0.2) is 184 Å². The minimum Gasteiger partial charge on any atom is -0.456 e. The molecule has 10 rings (SSSR count). The van der Waals surface area contributed by atoms with Crippen molar-refractivity contribution in [1.82, 2.24) is 0 Å². The van der Waals surface area contributed by atoms with Crippen molar-refractivity contribution in [2.24, 2.45) is 0 Å². The molecule has 0 bridgehead atoms. The zero-order valence-electron chi connectivity index (χ0n) is 36.7. The number of hydrogen-bond donors (Lipinski definition) is 0. The third kappa shape index (κ3) is 4.51. The molecule has 0 aliphatic heterocycles. The maximum atomic E-state index is 9.58. The fourth-order valence-electron chi connectivity index (χ4n) is 6.51. The average Bonchev–Trinajstić information content (AvgIpc) is 3.87. The maximum absolute atomic E-state index is 9.58. The van der Waals surface area contributed by atoms with Gasteiger partial charge in [-0.2, -0.15) is 0 Å². The van der Waals surface area contributed by atoms with Crippen LogP contribution >= 0.6 is 0 Å². The predicted octanol–water partition coefficient (Wildman–Crippen LogP) is 13.4. The Morgan fingerprint density at radius 3 is 2.06 bits per heavy atom. The maximum Gasteiger partial charge on any atom is 0.143 e. The molecule has 230 valence electrons. The van der Waals surface area contributed by atoms with E-state index in [0.29, 0.717) is 27.9 Å². The van der Waals surface area contributed by atoms with E-state index in [1.807, 2.05) is 103 Å². The van der Waals surface area contributed by atoms with Crippen molar-refractivity contribution in [3.05, 3.63) is 176 Å². The molecule has 3 heteroatoms. The van der Waals surface area contributed by atoms with Crippen molar-refractivity contribution < 1.29 is 23.9 Å². The Labute approximate surface area is 298 Å². The van der Waals surface area contributed by atoms with Gasteiger partial charge in [-0.3, -0.25) is 0 Å². The van der Waals surface area contributed by atoms with Crippen LogP contribution in [-0.2, 0) is 0 Å². The van der Waals surface area contributed by atoms with Gasteiger partial charge in [0.15, 0.2) is 0 Å². The average molecular weight is 639 g/mol. The number of fused-ring (bicyclic) bond motifs is 8. The van der Waals surface area contributed by atoms with E-state index in [1.165, 1.54) is 0 Å². The molecule has 0 aliphatic carbocycles. The fourth-order valence-corrected chi connectivity index (χ4v) is 6.51. The summed E-state index contributed by atoms with van der Waals surface area (Å²) in [5.74, 6) is 0. The van der Waals surface area contributed by atoms with Crippen LogP contribution in [0.4, 0.5) is 17.1 Å². The lowest BCUT2D eigenvalue weighted by Gasteiger charge is -2.26. The highest BCUT2D eigenvalue weighted by molar-refractivity contribution is 6.19. The number of hydrogen-bond acceptors (Lipinski definition) is 3. The smallest absolute Gasteiger partial charge is 0.143 e. The van der Waals surface area contributed by atoms with Gasteiger partial charge in [-0.05, 0) is 88.2 Å². The molecule has 2 aromatic heterocycles. The standard InChI is InChI=1S/C46H29NO2/c1-2-9-30(10-3-1)31-17-23-35(24-18-31)47(41-14-8-16-43-45(41)40-28-21-33-11-4-5-12-37(33)46(40)49-43)36-25-19-32(20-26-36)34-22-27-39-38-13-6-7-15-42(38)48-44(39)29-34/h1-29H/i6D,7D,13D,15D,19D,20D,22D,25D,26D,27D,29D. The van der Waals surface area contributed by atoms with E-state index < -0.39 is 77.6 Å². The van der Waals surface area contributed by atoms with E-state index in [2.05, 4.69) is 0 Å². The molecule has 0 saturated carbocycles. The first-order valence-corrected chi connectivity index (χ1v) is 15.7.